The van der Waals surface area contributed by atoms with Gasteiger partial charge in [0.25, 0.3) is 5.91 Å². The monoisotopic (exact) mass is 481 g/mol. The summed E-state index contributed by atoms with van der Waals surface area (Å²) in [6, 6.07) is 7.02. The number of aliphatic hydroxyl groups excluding tert-OH is 1. The van der Waals surface area contributed by atoms with Gasteiger partial charge in [0.05, 0.1) is 29.2 Å². The summed E-state index contributed by atoms with van der Waals surface area (Å²) in [5.41, 5.74) is -1.80. The van der Waals surface area contributed by atoms with Crippen molar-refractivity contribution in [2.45, 2.75) is 18.1 Å². The van der Waals surface area contributed by atoms with E-state index in [2.05, 4.69) is 24.7 Å². The lowest BCUT2D eigenvalue weighted by molar-refractivity contribution is -0.0964. The normalized spacial score (nSPS) is 16.1. The summed E-state index contributed by atoms with van der Waals surface area (Å²) >= 11 is 6.03. The summed E-state index contributed by atoms with van der Waals surface area (Å²) in [6.45, 7) is 1.09. The van der Waals surface area contributed by atoms with Crippen LogP contribution in [0.2, 0.25) is 0 Å². The minimum absolute atomic E-state index is 0.141. The van der Waals surface area contributed by atoms with Crippen LogP contribution in [-0.4, -0.2) is 45.1 Å². The number of rotatable bonds is 7. The number of hydrogen-bond donors (Lipinski definition) is 3. The van der Waals surface area contributed by atoms with Gasteiger partial charge in [0.15, 0.2) is 5.82 Å². The van der Waals surface area contributed by atoms with E-state index < -0.39 is 17.6 Å². The van der Waals surface area contributed by atoms with Gasteiger partial charge in [0.1, 0.15) is 5.75 Å². The SMILES string of the molecule is O=C(Nc1ccc(OC(F)(F)Cl)cc1)c1cnc(N2CC[C@@H](O)C2)c(Nc2cnsc2)c1. The second-order valence-corrected chi connectivity index (χ2v) is 8.15. The summed E-state index contributed by atoms with van der Waals surface area (Å²) < 4.78 is 33.8. The van der Waals surface area contributed by atoms with Crippen LogP contribution in [0.3, 0.4) is 0 Å². The standard InChI is InChI=1S/C20H18ClF2N5O3S/c21-20(22,23)31-16-3-1-13(2-4-16)27-19(30)12-7-17(26-14-9-25-32-11-14)18(24-8-12)28-6-5-15(29)10-28/h1-4,7-9,11,15,26,29H,5-6,10H2,(H,27,30)/t15-/m1/s1. The van der Waals surface area contributed by atoms with Gasteiger partial charge < -0.3 is 25.4 Å². The number of β-amino-alcohol motifs (C(OH)–C–C–N with tert-alkyl or cyclic N) is 1. The van der Waals surface area contributed by atoms with Gasteiger partial charge in [-0.2, -0.15) is 4.37 Å². The van der Waals surface area contributed by atoms with Crippen LogP contribution in [-0.2, 0) is 0 Å². The summed E-state index contributed by atoms with van der Waals surface area (Å²) in [5.74, 6) is 0.0406. The lowest BCUT2D eigenvalue weighted by Crippen LogP contribution is -2.24. The minimum atomic E-state index is -3.81. The lowest BCUT2D eigenvalue weighted by Gasteiger charge is -2.21. The number of benzene rings is 1. The van der Waals surface area contributed by atoms with E-state index in [0.29, 0.717) is 36.7 Å². The number of ether oxygens (including phenoxy) is 1. The molecule has 0 radical (unpaired) electrons. The van der Waals surface area contributed by atoms with Crippen molar-refractivity contribution in [1.29, 1.82) is 0 Å². The Kier molecular flexibility index (Phi) is 6.40. The zero-order chi connectivity index (χ0) is 22.7. The van der Waals surface area contributed by atoms with E-state index in [1.165, 1.54) is 42.0 Å². The molecule has 1 aliphatic heterocycles. The van der Waals surface area contributed by atoms with Gasteiger partial charge in [0, 0.05) is 42.0 Å². The molecule has 1 amide bonds. The zero-order valence-electron chi connectivity index (χ0n) is 16.5. The number of carbonyl (C=O) groups is 1. The van der Waals surface area contributed by atoms with Crippen molar-refractivity contribution in [3.05, 3.63) is 53.7 Å². The van der Waals surface area contributed by atoms with E-state index in [9.17, 15) is 18.7 Å². The van der Waals surface area contributed by atoms with Crippen LogP contribution in [0.1, 0.15) is 16.8 Å². The Bertz CT molecular complexity index is 1080. The Balaban J connectivity index is 1.53. The van der Waals surface area contributed by atoms with E-state index in [-0.39, 0.29) is 11.3 Å². The number of halogens is 3. The molecule has 32 heavy (non-hydrogen) atoms. The van der Waals surface area contributed by atoms with Gasteiger partial charge in [-0.1, -0.05) is 0 Å². The lowest BCUT2D eigenvalue weighted by atomic mass is 10.2. The molecule has 1 aromatic carbocycles. The Morgan fingerprint density at radius 1 is 1.28 bits per heavy atom. The Labute approximate surface area is 191 Å². The van der Waals surface area contributed by atoms with Crippen molar-refractivity contribution >= 4 is 51.9 Å². The molecule has 168 valence electrons. The number of nitrogens with one attached hydrogen (secondary N) is 2. The van der Waals surface area contributed by atoms with Crippen molar-refractivity contribution in [3.63, 3.8) is 0 Å². The van der Waals surface area contributed by atoms with Crippen LogP contribution in [0, 0.1) is 0 Å². The van der Waals surface area contributed by atoms with Crippen LogP contribution in [0.4, 0.5) is 31.7 Å². The molecule has 4 rings (SSSR count). The number of amides is 1. The molecule has 1 fully saturated rings. The third-order valence-corrected chi connectivity index (χ3v) is 5.31. The molecular formula is C20H18ClF2N5O3S. The van der Waals surface area contributed by atoms with Gasteiger partial charge in [-0.15, -0.1) is 8.78 Å². The molecular weight excluding hydrogens is 464 g/mol. The van der Waals surface area contributed by atoms with E-state index in [1.54, 1.807) is 12.3 Å². The molecule has 0 aliphatic carbocycles. The van der Waals surface area contributed by atoms with Gasteiger partial charge in [-0.05, 0) is 48.3 Å². The maximum absolute atomic E-state index is 12.8. The zero-order valence-corrected chi connectivity index (χ0v) is 18.0. The molecule has 12 heteroatoms. The molecule has 1 atom stereocenters. The topological polar surface area (TPSA) is 99.6 Å². The molecule has 1 aliphatic rings. The number of alkyl halides is 3. The highest BCUT2D eigenvalue weighted by Gasteiger charge is 2.27. The largest absolute Gasteiger partial charge is 0.487 e. The predicted molar refractivity (Wildman–Crippen MR) is 118 cm³/mol. The maximum Gasteiger partial charge on any atom is 0.487 e. The molecule has 8 nitrogen and oxygen atoms in total. The summed E-state index contributed by atoms with van der Waals surface area (Å²) in [5, 5.41) is 17.6. The van der Waals surface area contributed by atoms with Crippen LogP contribution >= 0.6 is 23.1 Å². The highest BCUT2D eigenvalue weighted by molar-refractivity contribution is 7.04. The quantitative estimate of drug-likeness (QED) is 0.433. The molecule has 0 saturated carbocycles. The Morgan fingerprint density at radius 3 is 2.69 bits per heavy atom. The van der Waals surface area contributed by atoms with Crippen molar-refractivity contribution < 1.29 is 23.4 Å². The van der Waals surface area contributed by atoms with Crippen LogP contribution in [0.5, 0.6) is 5.75 Å². The first kappa shape index (κ1) is 22.2. The highest BCUT2D eigenvalue weighted by atomic mass is 35.5. The number of nitrogens with zero attached hydrogens (tertiary/aromatic N) is 3. The minimum Gasteiger partial charge on any atom is -0.420 e. The first-order chi connectivity index (χ1) is 15.3. The van der Waals surface area contributed by atoms with Gasteiger partial charge in [-0.3, -0.25) is 4.79 Å². The summed E-state index contributed by atoms with van der Waals surface area (Å²) in [4.78, 5) is 19.1. The van der Waals surface area contributed by atoms with Gasteiger partial charge in [0.2, 0.25) is 0 Å². The predicted octanol–water partition coefficient (Wildman–Crippen LogP) is 4.27. The van der Waals surface area contributed by atoms with E-state index >= 15 is 0 Å². The molecule has 0 spiro atoms. The van der Waals surface area contributed by atoms with Crippen LogP contribution < -0.4 is 20.3 Å². The third-order valence-electron chi connectivity index (χ3n) is 4.65. The highest BCUT2D eigenvalue weighted by Crippen LogP contribution is 2.31. The first-order valence-electron chi connectivity index (χ1n) is 9.53. The maximum atomic E-state index is 12.8. The summed E-state index contributed by atoms with van der Waals surface area (Å²) in [6.07, 6.45) is 3.31. The van der Waals surface area contributed by atoms with Crippen molar-refractivity contribution in [2.24, 2.45) is 0 Å². The van der Waals surface area contributed by atoms with Crippen LogP contribution in [0.25, 0.3) is 0 Å². The average molecular weight is 482 g/mol. The van der Waals surface area contributed by atoms with Crippen molar-refractivity contribution in [1.82, 2.24) is 9.36 Å². The number of carbonyl (C=O) groups excluding carboxylic acids is 1. The van der Waals surface area contributed by atoms with E-state index in [0.717, 1.165) is 5.69 Å². The molecule has 3 heterocycles. The number of anilines is 4. The molecule has 2 aromatic heterocycles. The van der Waals surface area contributed by atoms with Crippen molar-refractivity contribution in [2.75, 3.05) is 28.6 Å². The third kappa shape index (κ3) is 5.61. The number of pyridine rings is 1. The van der Waals surface area contributed by atoms with Gasteiger partial charge >= 0.3 is 5.57 Å². The smallest absolute Gasteiger partial charge is 0.420 e. The molecule has 0 bridgehead atoms. The second kappa shape index (κ2) is 9.23. The fourth-order valence-electron chi connectivity index (χ4n) is 3.23. The van der Waals surface area contributed by atoms with E-state index in [1.807, 2.05) is 10.3 Å². The number of aliphatic hydroxyl groups is 1. The Morgan fingerprint density at radius 2 is 2.06 bits per heavy atom. The van der Waals surface area contributed by atoms with Crippen molar-refractivity contribution in [3.8, 4) is 5.75 Å². The Hall–Kier alpha value is -3.02. The summed E-state index contributed by atoms with van der Waals surface area (Å²) in [7, 11) is 0. The average Bonchev–Trinajstić information content (AvgIpc) is 3.40. The second-order valence-electron chi connectivity index (χ2n) is 7.05. The fourth-order valence-corrected chi connectivity index (χ4v) is 3.78. The molecule has 0 unspecified atom stereocenters. The van der Waals surface area contributed by atoms with E-state index in [4.69, 9.17) is 11.6 Å². The molecule has 3 aromatic rings. The number of hydrogen-bond acceptors (Lipinski definition) is 8. The van der Waals surface area contributed by atoms with Crippen LogP contribution in [0.15, 0.2) is 48.1 Å². The molecule has 1 saturated heterocycles. The fraction of sp³-hybridized carbons (Fsp3) is 0.250. The number of aromatic nitrogens is 2. The molecule has 3 N–H and O–H groups in total. The van der Waals surface area contributed by atoms with Gasteiger partial charge in [-0.25, -0.2) is 4.98 Å². The first-order valence-corrected chi connectivity index (χ1v) is 10.7.